The second-order valence-electron chi connectivity index (χ2n) is 7.50. The molecule has 3 rings (SSSR count). The molecule has 29 heavy (non-hydrogen) atoms. The van der Waals surface area contributed by atoms with Crippen LogP contribution in [0.4, 0.5) is 0 Å². The smallest absolute Gasteiger partial charge is 0.221 e. The fourth-order valence-electron chi connectivity index (χ4n) is 3.96. The van der Waals surface area contributed by atoms with E-state index in [1.807, 2.05) is 38.2 Å². The number of fused-ring (bicyclic) bond motifs is 1. The van der Waals surface area contributed by atoms with Crippen molar-refractivity contribution in [1.29, 1.82) is 0 Å². The van der Waals surface area contributed by atoms with Crippen LogP contribution in [0.15, 0.2) is 42.6 Å². The Morgan fingerprint density at radius 2 is 1.83 bits per heavy atom. The van der Waals surface area contributed by atoms with Crippen molar-refractivity contribution < 1.29 is 14.3 Å². The molecule has 1 aromatic heterocycles. The number of aromatic amines is 1. The Bertz CT molecular complexity index is 991. The van der Waals surface area contributed by atoms with E-state index in [-0.39, 0.29) is 17.9 Å². The van der Waals surface area contributed by atoms with Gasteiger partial charge in [-0.1, -0.05) is 37.3 Å². The molecule has 2 N–H and O–H groups in total. The van der Waals surface area contributed by atoms with Gasteiger partial charge in [0.25, 0.3) is 0 Å². The summed E-state index contributed by atoms with van der Waals surface area (Å²) in [6.07, 6.45) is 3.29. The summed E-state index contributed by atoms with van der Waals surface area (Å²) in [7, 11) is 3.26. The molecule has 0 spiro atoms. The molecule has 3 aromatic rings. The van der Waals surface area contributed by atoms with E-state index in [2.05, 4.69) is 35.4 Å². The Morgan fingerprint density at radius 1 is 1.07 bits per heavy atom. The highest BCUT2D eigenvalue weighted by Crippen LogP contribution is 2.42. The number of amides is 1. The Hall–Kier alpha value is -2.95. The molecule has 0 aliphatic heterocycles. The average molecular weight is 395 g/mol. The van der Waals surface area contributed by atoms with Crippen molar-refractivity contribution in [3.63, 3.8) is 0 Å². The summed E-state index contributed by atoms with van der Waals surface area (Å²) in [4.78, 5) is 16.2. The number of hydrogen-bond donors (Lipinski definition) is 2. The van der Waals surface area contributed by atoms with Crippen molar-refractivity contribution in [1.82, 2.24) is 10.3 Å². The second kappa shape index (κ2) is 9.03. The fourth-order valence-corrected chi connectivity index (χ4v) is 3.96. The molecular weight excluding hydrogens is 364 g/mol. The minimum absolute atomic E-state index is 0.0101. The van der Waals surface area contributed by atoms with Crippen LogP contribution in [-0.4, -0.2) is 31.2 Å². The molecule has 5 heteroatoms. The number of carbonyl (C=O) groups is 1. The normalized spacial score (nSPS) is 12.2. The summed E-state index contributed by atoms with van der Waals surface area (Å²) >= 11 is 0. The van der Waals surface area contributed by atoms with E-state index in [1.165, 1.54) is 5.56 Å². The summed E-state index contributed by atoms with van der Waals surface area (Å²) in [6.45, 7) is 6.09. The number of methoxy groups -OCH3 is 2. The van der Waals surface area contributed by atoms with Crippen molar-refractivity contribution in [3.8, 4) is 11.5 Å². The monoisotopic (exact) mass is 394 g/mol. The molecule has 0 radical (unpaired) electrons. The largest absolute Gasteiger partial charge is 0.493 e. The molecular formula is C24H30N2O3. The number of rotatable bonds is 8. The predicted octanol–water partition coefficient (Wildman–Crippen LogP) is 4.79. The van der Waals surface area contributed by atoms with Gasteiger partial charge in [0.2, 0.25) is 5.91 Å². The third kappa shape index (κ3) is 4.24. The van der Waals surface area contributed by atoms with Gasteiger partial charge >= 0.3 is 0 Å². The second-order valence-corrected chi connectivity index (χ2v) is 7.50. The Morgan fingerprint density at radius 3 is 2.48 bits per heavy atom. The molecule has 0 aliphatic rings. The van der Waals surface area contributed by atoms with Crippen LogP contribution in [0.25, 0.3) is 10.9 Å². The first-order valence-electron chi connectivity index (χ1n) is 10.1. The summed E-state index contributed by atoms with van der Waals surface area (Å²) < 4.78 is 11.2. The van der Waals surface area contributed by atoms with Crippen molar-refractivity contribution in [2.24, 2.45) is 0 Å². The van der Waals surface area contributed by atoms with Gasteiger partial charge in [0.05, 0.1) is 14.2 Å². The van der Waals surface area contributed by atoms with Crippen LogP contribution in [0.5, 0.6) is 11.5 Å². The zero-order chi connectivity index (χ0) is 21.0. The van der Waals surface area contributed by atoms with Gasteiger partial charge in [-0.2, -0.15) is 0 Å². The summed E-state index contributed by atoms with van der Waals surface area (Å²) in [5, 5.41) is 4.16. The Balaban J connectivity index is 2.16. The molecule has 5 nitrogen and oxygen atoms in total. The van der Waals surface area contributed by atoms with E-state index < -0.39 is 0 Å². The SMILES string of the molecule is CCc1cccc2c(C(CC(=O)NC(C)C)c3cccc(OC)c3OC)c[nH]c12. The number of carbonyl (C=O) groups excluding carboxylic acids is 1. The van der Waals surface area contributed by atoms with Crippen LogP contribution < -0.4 is 14.8 Å². The number of hydrogen-bond acceptors (Lipinski definition) is 3. The Labute approximate surface area is 172 Å². The molecule has 0 bridgehead atoms. The van der Waals surface area contributed by atoms with Gasteiger partial charge in [0, 0.05) is 41.0 Å². The van der Waals surface area contributed by atoms with Gasteiger partial charge in [-0.15, -0.1) is 0 Å². The number of benzene rings is 2. The van der Waals surface area contributed by atoms with Gasteiger partial charge in [0.1, 0.15) is 0 Å². The molecule has 0 saturated carbocycles. The van der Waals surface area contributed by atoms with E-state index in [1.54, 1.807) is 14.2 Å². The highest BCUT2D eigenvalue weighted by atomic mass is 16.5. The molecule has 1 amide bonds. The lowest BCUT2D eigenvalue weighted by Gasteiger charge is -2.22. The number of nitrogens with one attached hydrogen (secondary N) is 2. The van der Waals surface area contributed by atoms with E-state index in [9.17, 15) is 4.79 Å². The van der Waals surface area contributed by atoms with Crippen LogP contribution in [0.3, 0.4) is 0 Å². The van der Waals surface area contributed by atoms with Gasteiger partial charge in [-0.05, 0) is 37.5 Å². The van der Waals surface area contributed by atoms with Crippen LogP contribution >= 0.6 is 0 Å². The molecule has 0 fully saturated rings. The lowest BCUT2D eigenvalue weighted by Crippen LogP contribution is -2.31. The van der Waals surface area contributed by atoms with Gasteiger partial charge in [0.15, 0.2) is 11.5 Å². The first-order valence-corrected chi connectivity index (χ1v) is 10.1. The van der Waals surface area contributed by atoms with E-state index in [0.29, 0.717) is 17.9 Å². The molecule has 0 saturated heterocycles. The van der Waals surface area contributed by atoms with Crippen LogP contribution in [0.2, 0.25) is 0 Å². The Kier molecular flexibility index (Phi) is 6.47. The van der Waals surface area contributed by atoms with Crippen molar-refractivity contribution >= 4 is 16.8 Å². The van der Waals surface area contributed by atoms with Gasteiger partial charge < -0.3 is 19.8 Å². The third-order valence-corrected chi connectivity index (χ3v) is 5.24. The number of para-hydroxylation sites is 2. The molecule has 0 aliphatic carbocycles. The lowest BCUT2D eigenvalue weighted by atomic mass is 9.86. The van der Waals surface area contributed by atoms with Crippen LogP contribution in [-0.2, 0) is 11.2 Å². The van der Waals surface area contributed by atoms with E-state index in [0.717, 1.165) is 28.5 Å². The van der Waals surface area contributed by atoms with E-state index >= 15 is 0 Å². The minimum atomic E-state index is -0.167. The molecule has 154 valence electrons. The summed E-state index contributed by atoms with van der Waals surface area (Å²) in [6, 6.07) is 12.2. The van der Waals surface area contributed by atoms with Crippen molar-refractivity contribution in [2.75, 3.05) is 14.2 Å². The van der Waals surface area contributed by atoms with Crippen LogP contribution in [0.1, 0.15) is 49.8 Å². The zero-order valence-corrected chi connectivity index (χ0v) is 17.8. The third-order valence-electron chi connectivity index (χ3n) is 5.24. The average Bonchev–Trinajstić information content (AvgIpc) is 3.14. The highest BCUT2D eigenvalue weighted by Gasteiger charge is 2.26. The maximum atomic E-state index is 12.8. The maximum Gasteiger partial charge on any atom is 0.221 e. The number of aromatic nitrogens is 1. The first-order chi connectivity index (χ1) is 14.0. The number of H-pyrrole nitrogens is 1. The van der Waals surface area contributed by atoms with Gasteiger partial charge in [-0.25, -0.2) is 0 Å². The lowest BCUT2D eigenvalue weighted by molar-refractivity contribution is -0.121. The van der Waals surface area contributed by atoms with Crippen molar-refractivity contribution in [3.05, 3.63) is 59.3 Å². The standard InChI is InChI=1S/C24H30N2O3/c1-6-16-9-7-10-17-20(14-25-23(16)17)19(13-22(27)26-15(2)3)18-11-8-12-21(28-4)24(18)29-5/h7-12,14-15,19,25H,6,13H2,1-5H3,(H,26,27). The highest BCUT2D eigenvalue weighted by molar-refractivity contribution is 5.88. The number of ether oxygens (including phenoxy) is 2. The summed E-state index contributed by atoms with van der Waals surface area (Å²) in [5.74, 6) is 1.17. The van der Waals surface area contributed by atoms with Gasteiger partial charge in [-0.3, -0.25) is 4.79 Å². The molecule has 1 unspecified atom stereocenters. The van der Waals surface area contributed by atoms with E-state index in [4.69, 9.17) is 9.47 Å². The van der Waals surface area contributed by atoms with Crippen LogP contribution in [0, 0.1) is 0 Å². The fraction of sp³-hybridized carbons (Fsp3) is 0.375. The minimum Gasteiger partial charge on any atom is -0.493 e. The topological polar surface area (TPSA) is 63.4 Å². The van der Waals surface area contributed by atoms with Crippen molar-refractivity contribution in [2.45, 2.75) is 45.6 Å². The first kappa shape index (κ1) is 20.8. The summed E-state index contributed by atoms with van der Waals surface area (Å²) in [5.41, 5.74) is 4.41. The quantitative estimate of drug-likeness (QED) is 0.577. The molecule has 2 aromatic carbocycles. The maximum absolute atomic E-state index is 12.8. The zero-order valence-electron chi connectivity index (χ0n) is 17.8. The predicted molar refractivity (Wildman–Crippen MR) is 117 cm³/mol. The molecule has 1 atom stereocenters. The molecule has 1 heterocycles. The number of aryl methyl sites for hydroxylation is 1.